The Hall–Kier alpha value is -2.35. The molecule has 0 bridgehead atoms. The van der Waals surface area contributed by atoms with Crippen LogP contribution in [0.2, 0.25) is 0 Å². The maximum atomic E-state index is 13.1. The zero-order valence-corrected chi connectivity index (χ0v) is 27.1. The van der Waals surface area contributed by atoms with Crippen LogP contribution >= 0.6 is 0 Å². The van der Waals surface area contributed by atoms with E-state index in [1.54, 1.807) is 26.2 Å². The fourth-order valence-corrected chi connectivity index (χ4v) is 7.14. The zero-order valence-electron chi connectivity index (χ0n) is 26.3. The molecule has 0 aromatic heterocycles. The summed E-state index contributed by atoms with van der Waals surface area (Å²) in [5.41, 5.74) is 6.02. The van der Waals surface area contributed by atoms with Crippen LogP contribution in [-0.4, -0.2) is 58.1 Å². The number of ether oxygens (including phenoxy) is 1. The summed E-state index contributed by atoms with van der Waals surface area (Å²) in [6, 6.07) is 12.0. The first kappa shape index (κ1) is 31.6. The van der Waals surface area contributed by atoms with Crippen molar-refractivity contribution in [2.45, 2.75) is 89.9 Å². The van der Waals surface area contributed by atoms with E-state index in [0.717, 1.165) is 43.4 Å². The summed E-state index contributed by atoms with van der Waals surface area (Å²) in [6.07, 6.45) is 9.73. The van der Waals surface area contributed by atoms with Gasteiger partial charge in [0.25, 0.3) is 0 Å². The fraction of sp³-hybridized carbons (Fsp3) is 0.588. The van der Waals surface area contributed by atoms with Crippen LogP contribution in [0.25, 0.3) is 6.08 Å². The number of para-hydroxylation sites is 1. The SMILES string of the molecule is CCCOc1ccc(S(=O)(=O)N(C)C)cc1C=C1CN(CC2CCCCC2)CN1c1c(C(C)C)cccc1C(C)C. The second-order valence-corrected chi connectivity index (χ2v) is 14.8. The third-order valence-corrected chi connectivity index (χ3v) is 10.3. The smallest absolute Gasteiger partial charge is 0.242 e. The van der Waals surface area contributed by atoms with E-state index in [1.807, 2.05) is 6.07 Å². The number of sulfonamides is 1. The lowest BCUT2D eigenvalue weighted by Crippen LogP contribution is -2.31. The van der Waals surface area contributed by atoms with E-state index in [9.17, 15) is 8.42 Å². The molecule has 0 N–H and O–H groups in total. The van der Waals surface area contributed by atoms with Crippen LogP contribution in [0.15, 0.2) is 47.0 Å². The minimum Gasteiger partial charge on any atom is -0.493 e. The summed E-state index contributed by atoms with van der Waals surface area (Å²) < 4.78 is 33.6. The van der Waals surface area contributed by atoms with Crippen molar-refractivity contribution in [3.8, 4) is 5.75 Å². The van der Waals surface area contributed by atoms with Crippen molar-refractivity contribution in [2.75, 3.05) is 45.4 Å². The highest BCUT2D eigenvalue weighted by atomic mass is 32.2. The Morgan fingerprint density at radius 2 is 1.66 bits per heavy atom. The van der Waals surface area contributed by atoms with Gasteiger partial charge in [-0.3, -0.25) is 4.90 Å². The third kappa shape index (κ3) is 7.36. The molecule has 41 heavy (non-hydrogen) atoms. The average molecular weight is 582 g/mol. The van der Waals surface area contributed by atoms with Crippen LogP contribution in [0.3, 0.4) is 0 Å². The molecule has 2 aliphatic rings. The molecule has 2 aromatic rings. The van der Waals surface area contributed by atoms with E-state index >= 15 is 0 Å². The number of hydrogen-bond donors (Lipinski definition) is 0. The molecular formula is C34H51N3O3S. The van der Waals surface area contributed by atoms with Crippen molar-refractivity contribution in [3.63, 3.8) is 0 Å². The van der Waals surface area contributed by atoms with Gasteiger partial charge >= 0.3 is 0 Å². The van der Waals surface area contributed by atoms with Gasteiger partial charge in [-0.2, -0.15) is 0 Å². The maximum Gasteiger partial charge on any atom is 0.242 e. The first-order valence-corrected chi connectivity index (χ1v) is 17.0. The van der Waals surface area contributed by atoms with Gasteiger partial charge in [-0.05, 0) is 72.4 Å². The van der Waals surface area contributed by atoms with Crippen molar-refractivity contribution in [1.29, 1.82) is 0 Å². The van der Waals surface area contributed by atoms with Crippen molar-refractivity contribution < 1.29 is 13.2 Å². The first-order valence-electron chi connectivity index (χ1n) is 15.6. The monoisotopic (exact) mass is 581 g/mol. The molecule has 1 aliphatic heterocycles. The van der Waals surface area contributed by atoms with Crippen LogP contribution in [0.5, 0.6) is 5.75 Å². The van der Waals surface area contributed by atoms with Gasteiger partial charge in [0, 0.05) is 44.1 Å². The Morgan fingerprint density at radius 1 is 1.00 bits per heavy atom. The summed E-state index contributed by atoms with van der Waals surface area (Å²) in [7, 11) is -0.424. The summed E-state index contributed by atoms with van der Waals surface area (Å²) in [5.74, 6) is 2.24. The summed E-state index contributed by atoms with van der Waals surface area (Å²) in [5, 5.41) is 0. The van der Waals surface area contributed by atoms with E-state index in [4.69, 9.17) is 4.74 Å². The summed E-state index contributed by atoms with van der Waals surface area (Å²) in [4.78, 5) is 5.38. The van der Waals surface area contributed by atoms with Gasteiger partial charge in [-0.25, -0.2) is 12.7 Å². The average Bonchev–Trinajstić information content (AvgIpc) is 3.33. The normalized spacial score (nSPS) is 18.4. The number of hydrogen-bond acceptors (Lipinski definition) is 5. The molecule has 2 fully saturated rings. The molecule has 1 saturated heterocycles. The molecule has 226 valence electrons. The van der Waals surface area contributed by atoms with Crippen LogP contribution in [-0.2, 0) is 10.0 Å². The quantitative estimate of drug-likeness (QED) is 0.273. The third-order valence-electron chi connectivity index (χ3n) is 8.47. The number of benzene rings is 2. The number of rotatable bonds is 11. The van der Waals surface area contributed by atoms with Crippen molar-refractivity contribution >= 4 is 21.8 Å². The van der Waals surface area contributed by atoms with Crippen LogP contribution in [0, 0.1) is 5.92 Å². The van der Waals surface area contributed by atoms with Gasteiger partial charge in [-0.15, -0.1) is 0 Å². The maximum absolute atomic E-state index is 13.1. The fourth-order valence-electron chi connectivity index (χ4n) is 6.21. The van der Waals surface area contributed by atoms with Crippen LogP contribution < -0.4 is 9.64 Å². The Morgan fingerprint density at radius 3 is 2.24 bits per heavy atom. The Labute approximate surface area is 249 Å². The highest BCUT2D eigenvalue weighted by molar-refractivity contribution is 7.89. The summed E-state index contributed by atoms with van der Waals surface area (Å²) >= 11 is 0. The molecule has 0 amide bonds. The minimum atomic E-state index is -3.58. The molecule has 4 rings (SSSR count). The van der Waals surface area contributed by atoms with E-state index in [1.165, 1.54) is 58.9 Å². The minimum absolute atomic E-state index is 0.284. The van der Waals surface area contributed by atoms with Crippen LogP contribution in [0.1, 0.15) is 102 Å². The van der Waals surface area contributed by atoms with Gasteiger partial charge in [0.05, 0.1) is 18.2 Å². The van der Waals surface area contributed by atoms with Gasteiger partial charge in [0.15, 0.2) is 0 Å². The summed E-state index contributed by atoms with van der Waals surface area (Å²) in [6.45, 7) is 14.5. The molecule has 2 aromatic carbocycles. The molecule has 0 unspecified atom stereocenters. The van der Waals surface area contributed by atoms with E-state index < -0.39 is 10.0 Å². The predicted octanol–water partition coefficient (Wildman–Crippen LogP) is 7.67. The lowest BCUT2D eigenvalue weighted by Gasteiger charge is -2.30. The van der Waals surface area contributed by atoms with Gasteiger partial charge in [0.1, 0.15) is 5.75 Å². The molecule has 0 spiro atoms. The van der Waals surface area contributed by atoms with E-state index in [0.29, 0.717) is 18.4 Å². The highest BCUT2D eigenvalue weighted by Gasteiger charge is 2.32. The Bertz CT molecular complexity index is 1280. The van der Waals surface area contributed by atoms with Crippen molar-refractivity contribution in [3.05, 3.63) is 58.8 Å². The lowest BCUT2D eigenvalue weighted by atomic mass is 9.89. The number of anilines is 1. The molecule has 1 heterocycles. The molecule has 1 aliphatic carbocycles. The molecule has 6 nitrogen and oxygen atoms in total. The van der Waals surface area contributed by atoms with Gasteiger partial charge in [0.2, 0.25) is 10.0 Å². The molecule has 0 radical (unpaired) electrons. The van der Waals surface area contributed by atoms with Crippen molar-refractivity contribution in [2.24, 2.45) is 5.92 Å². The van der Waals surface area contributed by atoms with Crippen LogP contribution in [0.4, 0.5) is 5.69 Å². The van der Waals surface area contributed by atoms with E-state index in [-0.39, 0.29) is 4.90 Å². The second-order valence-electron chi connectivity index (χ2n) is 12.7. The van der Waals surface area contributed by atoms with Gasteiger partial charge < -0.3 is 9.64 Å². The molecule has 1 saturated carbocycles. The Kier molecular flexibility index (Phi) is 10.6. The second kappa shape index (κ2) is 13.7. The Balaban J connectivity index is 1.85. The standard InChI is InChI=1S/C34H51N3O3S/c1-8-19-40-33-18-17-30(41(38,39)35(6)7)21-28(33)20-29-23-36(22-27-13-10-9-11-14-27)24-37(29)34-31(25(2)3)15-12-16-32(34)26(4)5/h12,15-18,20-21,25-27H,8-11,13-14,19,22-24H2,1-7H3. The topological polar surface area (TPSA) is 53.1 Å². The number of nitrogens with zero attached hydrogens (tertiary/aromatic N) is 3. The molecule has 7 heteroatoms. The first-order chi connectivity index (χ1) is 19.5. The lowest BCUT2D eigenvalue weighted by molar-refractivity contribution is 0.237. The molecule has 0 atom stereocenters. The van der Waals surface area contributed by atoms with E-state index in [2.05, 4.69) is 68.7 Å². The zero-order chi connectivity index (χ0) is 29.7. The van der Waals surface area contributed by atoms with Crippen molar-refractivity contribution in [1.82, 2.24) is 9.21 Å². The largest absolute Gasteiger partial charge is 0.493 e. The highest BCUT2D eigenvalue weighted by Crippen LogP contribution is 2.40. The molecular weight excluding hydrogens is 530 g/mol. The van der Waals surface area contributed by atoms with Gasteiger partial charge in [-0.1, -0.05) is 72.1 Å². The predicted molar refractivity (Wildman–Crippen MR) is 171 cm³/mol.